The van der Waals surface area contributed by atoms with Crippen molar-refractivity contribution in [3.8, 4) is 0 Å². The van der Waals surface area contributed by atoms with E-state index in [9.17, 15) is 15.0 Å². The Balaban J connectivity index is 2.27. The van der Waals surface area contributed by atoms with E-state index in [0.29, 0.717) is 5.69 Å². The van der Waals surface area contributed by atoms with Gasteiger partial charge in [0.05, 0.1) is 11.8 Å². The zero-order valence-corrected chi connectivity index (χ0v) is 11.4. The molecule has 1 amide bonds. The van der Waals surface area contributed by atoms with Crippen LogP contribution in [0.25, 0.3) is 0 Å². The number of aliphatic hydroxyl groups is 2. The van der Waals surface area contributed by atoms with Gasteiger partial charge < -0.3 is 20.3 Å². The fraction of sp³-hybridized carbons (Fsp3) is 0.667. The Labute approximate surface area is 112 Å². The quantitative estimate of drug-likeness (QED) is 0.631. The van der Waals surface area contributed by atoms with Gasteiger partial charge in [-0.3, -0.25) is 5.10 Å². The van der Waals surface area contributed by atoms with Crippen molar-refractivity contribution in [3.05, 3.63) is 18.0 Å². The minimum atomic E-state index is -1.05. The highest BCUT2D eigenvalue weighted by Gasteiger charge is 2.20. The second-order valence-electron chi connectivity index (χ2n) is 5.24. The number of aromatic nitrogens is 2. The standard InChI is InChI=1S/C12H21N3O4/c1-12(2,3)19-11(18)13-6-5-9(16)10(17)8-4-7-14-15-8/h4,7,9-10,16-17H,5-6H2,1-3H3,(H,13,18)(H,14,15). The van der Waals surface area contributed by atoms with E-state index in [1.807, 2.05) is 0 Å². The van der Waals surface area contributed by atoms with E-state index >= 15 is 0 Å². The zero-order valence-electron chi connectivity index (χ0n) is 11.4. The Morgan fingerprint density at radius 3 is 2.74 bits per heavy atom. The van der Waals surface area contributed by atoms with Gasteiger partial charge in [-0.25, -0.2) is 4.79 Å². The van der Waals surface area contributed by atoms with Crippen LogP contribution >= 0.6 is 0 Å². The monoisotopic (exact) mass is 271 g/mol. The second-order valence-corrected chi connectivity index (χ2v) is 5.24. The van der Waals surface area contributed by atoms with Gasteiger partial charge in [0.1, 0.15) is 11.7 Å². The van der Waals surface area contributed by atoms with Gasteiger partial charge in [0, 0.05) is 12.7 Å². The number of aliphatic hydroxyl groups excluding tert-OH is 2. The van der Waals surface area contributed by atoms with Crippen molar-refractivity contribution in [2.24, 2.45) is 0 Å². The lowest BCUT2D eigenvalue weighted by Gasteiger charge is -2.20. The van der Waals surface area contributed by atoms with E-state index in [0.717, 1.165) is 0 Å². The molecule has 0 spiro atoms. The number of nitrogens with one attached hydrogen (secondary N) is 2. The SMILES string of the molecule is CC(C)(C)OC(=O)NCCC(O)C(O)c1ccn[nH]1. The molecule has 1 rings (SSSR count). The second kappa shape index (κ2) is 6.53. The summed E-state index contributed by atoms with van der Waals surface area (Å²) < 4.78 is 5.04. The largest absolute Gasteiger partial charge is 0.444 e. The highest BCUT2D eigenvalue weighted by Crippen LogP contribution is 2.15. The summed E-state index contributed by atoms with van der Waals surface area (Å²) in [4.78, 5) is 11.3. The summed E-state index contributed by atoms with van der Waals surface area (Å²) in [6.07, 6.45) is -0.891. The Morgan fingerprint density at radius 2 is 2.21 bits per heavy atom. The summed E-state index contributed by atoms with van der Waals surface area (Å²) in [5.74, 6) is 0. The van der Waals surface area contributed by atoms with Gasteiger partial charge in [-0.1, -0.05) is 0 Å². The van der Waals surface area contributed by atoms with Crippen LogP contribution in [0, 0.1) is 0 Å². The number of hydrogen-bond donors (Lipinski definition) is 4. The lowest BCUT2D eigenvalue weighted by Crippen LogP contribution is -2.34. The van der Waals surface area contributed by atoms with Gasteiger partial charge >= 0.3 is 6.09 Å². The van der Waals surface area contributed by atoms with Gasteiger partial charge in [-0.2, -0.15) is 5.10 Å². The first-order valence-electron chi connectivity index (χ1n) is 6.12. The number of carbonyl (C=O) groups is 1. The van der Waals surface area contributed by atoms with Crippen molar-refractivity contribution in [2.45, 2.75) is 45.0 Å². The average Bonchev–Trinajstić information content (AvgIpc) is 2.78. The van der Waals surface area contributed by atoms with E-state index in [2.05, 4.69) is 15.5 Å². The Kier molecular flexibility index (Phi) is 5.31. The number of ether oxygens (including phenoxy) is 1. The van der Waals surface area contributed by atoms with Gasteiger partial charge in [0.15, 0.2) is 0 Å². The normalized spacial score (nSPS) is 14.8. The van der Waals surface area contributed by atoms with Crippen LogP contribution in [-0.4, -0.2) is 44.8 Å². The molecule has 7 heteroatoms. The molecule has 4 N–H and O–H groups in total. The summed E-state index contributed by atoms with van der Waals surface area (Å²) in [7, 11) is 0. The third kappa shape index (κ3) is 5.71. The third-order valence-corrected chi connectivity index (χ3v) is 2.31. The van der Waals surface area contributed by atoms with Crippen molar-refractivity contribution in [1.82, 2.24) is 15.5 Å². The van der Waals surface area contributed by atoms with Crippen LogP contribution in [0.1, 0.15) is 39.0 Å². The first-order valence-corrected chi connectivity index (χ1v) is 6.12. The van der Waals surface area contributed by atoms with Crippen LogP contribution < -0.4 is 5.32 Å². The molecule has 0 aliphatic carbocycles. The molecule has 108 valence electrons. The fourth-order valence-corrected chi connectivity index (χ4v) is 1.43. The molecule has 0 saturated heterocycles. The number of H-pyrrole nitrogens is 1. The number of amides is 1. The minimum Gasteiger partial charge on any atom is -0.444 e. The maximum atomic E-state index is 11.3. The van der Waals surface area contributed by atoms with Crippen molar-refractivity contribution >= 4 is 6.09 Å². The molecule has 1 heterocycles. The lowest BCUT2D eigenvalue weighted by molar-refractivity contribution is 0.00991. The van der Waals surface area contributed by atoms with E-state index < -0.39 is 23.9 Å². The van der Waals surface area contributed by atoms with Crippen LogP contribution in [0.5, 0.6) is 0 Å². The number of carbonyl (C=O) groups excluding carboxylic acids is 1. The molecule has 0 aromatic carbocycles. The van der Waals surface area contributed by atoms with E-state index in [1.165, 1.54) is 6.20 Å². The molecule has 7 nitrogen and oxygen atoms in total. The fourth-order valence-electron chi connectivity index (χ4n) is 1.43. The highest BCUT2D eigenvalue weighted by molar-refractivity contribution is 5.67. The van der Waals surface area contributed by atoms with E-state index in [4.69, 9.17) is 4.74 Å². The van der Waals surface area contributed by atoms with Gasteiger partial charge in [0.25, 0.3) is 0 Å². The lowest BCUT2D eigenvalue weighted by atomic mass is 10.1. The summed E-state index contributed by atoms with van der Waals surface area (Å²) in [6, 6.07) is 1.58. The van der Waals surface area contributed by atoms with Crippen molar-refractivity contribution in [1.29, 1.82) is 0 Å². The third-order valence-electron chi connectivity index (χ3n) is 2.31. The first kappa shape index (κ1) is 15.5. The van der Waals surface area contributed by atoms with Gasteiger partial charge in [-0.05, 0) is 33.3 Å². The predicted octanol–water partition coefficient (Wildman–Crippen LogP) is 0.719. The maximum Gasteiger partial charge on any atom is 0.407 e. The van der Waals surface area contributed by atoms with Crippen LogP contribution in [0.4, 0.5) is 4.79 Å². The van der Waals surface area contributed by atoms with Crippen molar-refractivity contribution in [3.63, 3.8) is 0 Å². The zero-order chi connectivity index (χ0) is 14.5. The number of alkyl carbamates (subject to hydrolysis) is 1. The summed E-state index contributed by atoms with van der Waals surface area (Å²) >= 11 is 0. The molecular weight excluding hydrogens is 250 g/mol. The molecule has 0 fully saturated rings. The minimum absolute atomic E-state index is 0.208. The van der Waals surface area contributed by atoms with Crippen LogP contribution in [0.15, 0.2) is 12.3 Å². The molecule has 0 aliphatic rings. The molecule has 2 unspecified atom stereocenters. The highest BCUT2D eigenvalue weighted by atomic mass is 16.6. The predicted molar refractivity (Wildman–Crippen MR) is 68.4 cm³/mol. The van der Waals surface area contributed by atoms with Gasteiger partial charge in [0.2, 0.25) is 0 Å². The molecule has 19 heavy (non-hydrogen) atoms. The number of nitrogens with zero attached hydrogens (tertiary/aromatic N) is 1. The average molecular weight is 271 g/mol. The smallest absolute Gasteiger partial charge is 0.407 e. The molecule has 0 aliphatic heterocycles. The maximum absolute atomic E-state index is 11.3. The van der Waals surface area contributed by atoms with Crippen molar-refractivity contribution in [2.75, 3.05) is 6.54 Å². The van der Waals surface area contributed by atoms with Gasteiger partial charge in [-0.15, -0.1) is 0 Å². The first-order chi connectivity index (χ1) is 8.79. The Hall–Kier alpha value is -1.60. The molecule has 0 bridgehead atoms. The van der Waals surface area contributed by atoms with Crippen LogP contribution in [-0.2, 0) is 4.74 Å². The topological polar surface area (TPSA) is 107 Å². The summed E-state index contributed by atoms with van der Waals surface area (Å²) in [5.41, 5.74) is -0.122. The molecular formula is C12H21N3O4. The molecule has 2 atom stereocenters. The number of aromatic amines is 1. The van der Waals surface area contributed by atoms with Crippen LogP contribution in [0.2, 0.25) is 0 Å². The Morgan fingerprint density at radius 1 is 1.53 bits per heavy atom. The van der Waals surface area contributed by atoms with Crippen molar-refractivity contribution < 1.29 is 19.7 Å². The van der Waals surface area contributed by atoms with Crippen LogP contribution in [0.3, 0.4) is 0 Å². The van der Waals surface area contributed by atoms with E-state index in [-0.39, 0.29) is 13.0 Å². The number of rotatable bonds is 5. The number of hydrogen-bond acceptors (Lipinski definition) is 5. The van der Waals surface area contributed by atoms with E-state index in [1.54, 1.807) is 26.8 Å². The summed E-state index contributed by atoms with van der Waals surface area (Å²) in [6.45, 7) is 5.51. The Bertz CT molecular complexity index is 386. The molecule has 1 aromatic heterocycles. The summed E-state index contributed by atoms with van der Waals surface area (Å²) in [5, 5.41) is 28.3. The molecule has 1 aromatic rings. The molecule has 0 saturated carbocycles. The molecule has 0 radical (unpaired) electrons.